The van der Waals surface area contributed by atoms with Crippen LogP contribution in [0.25, 0.3) is 0 Å². The molecule has 1 amide bonds. The van der Waals surface area contributed by atoms with E-state index in [2.05, 4.69) is 37.9 Å². The van der Waals surface area contributed by atoms with Gasteiger partial charge >= 0.3 is 6.09 Å². The molecule has 0 unspecified atom stereocenters. The molecule has 37 heavy (non-hydrogen) atoms. The summed E-state index contributed by atoms with van der Waals surface area (Å²) in [4.78, 5) is 12.3. The summed E-state index contributed by atoms with van der Waals surface area (Å²) >= 11 is 0. The molecule has 0 spiro atoms. The summed E-state index contributed by atoms with van der Waals surface area (Å²) in [5.74, 6) is 2.00. The second-order valence-electron chi connectivity index (χ2n) is 14.0. The molecule has 0 aromatic carbocycles. The van der Waals surface area contributed by atoms with Crippen molar-refractivity contribution in [3.8, 4) is 0 Å². The lowest BCUT2D eigenvalue weighted by molar-refractivity contribution is 0.0483. The van der Waals surface area contributed by atoms with E-state index < -0.39 is 23.4 Å². The predicted octanol–water partition coefficient (Wildman–Crippen LogP) is 7.24. The van der Waals surface area contributed by atoms with Crippen molar-refractivity contribution in [3.63, 3.8) is 0 Å². The number of hydrogen-bond acceptors (Lipinski definition) is 4. The van der Waals surface area contributed by atoms with Crippen LogP contribution in [0.15, 0.2) is 35.5 Å². The summed E-state index contributed by atoms with van der Waals surface area (Å²) in [6.07, 6.45) is 13.8. The largest absolute Gasteiger partial charge is 0.444 e. The lowest BCUT2D eigenvalue weighted by Gasteiger charge is -2.44. The van der Waals surface area contributed by atoms with Crippen molar-refractivity contribution in [1.82, 2.24) is 5.32 Å². The average molecular weight is 516 g/mol. The monoisotopic (exact) mass is 515 g/mol. The lowest BCUT2D eigenvalue weighted by atomic mass is 9.60. The van der Waals surface area contributed by atoms with Crippen molar-refractivity contribution in [3.05, 3.63) is 35.5 Å². The summed E-state index contributed by atoms with van der Waals surface area (Å²) < 4.78 is 5.42. The molecule has 3 saturated carbocycles. The predicted molar refractivity (Wildman–Crippen MR) is 151 cm³/mol. The third-order valence-corrected chi connectivity index (χ3v) is 9.18. The number of alkyl carbamates (subject to hydrolysis) is 1. The first-order chi connectivity index (χ1) is 17.1. The van der Waals surface area contributed by atoms with Crippen molar-refractivity contribution in [2.75, 3.05) is 0 Å². The topological polar surface area (TPSA) is 78.8 Å². The number of rotatable bonds is 7. The zero-order chi connectivity index (χ0) is 27.6. The van der Waals surface area contributed by atoms with Gasteiger partial charge < -0.3 is 20.3 Å². The molecule has 0 saturated heterocycles. The standard InChI is InChI=1S/C32H53NO4/c1-21(11-9-17-31(6,7)36)26-15-16-27-23(12-10-18-32(26,27)8)13-14-24-19-25(20-28(34)22(24)2)33-29(35)37-30(3,4)5/h13-14,21,25-28,34,36H,2,9-12,15-20H2,1,3-8H3,(H,33,35)/b23-13+,24-14-/t21-,25-,26-,27+,28+,32-/m1/s1. The number of nitrogens with one attached hydrogen (secondary N) is 1. The lowest BCUT2D eigenvalue weighted by Crippen LogP contribution is -2.43. The van der Waals surface area contributed by atoms with Crippen LogP contribution in [0.2, 0.25) is 0 Å². The second kappa shape index (κ2) is 11.7. The molecule has 3 aliphatic carbocycles. The van der Waals surface area contributed by atoms with Crippen LogP contribution in [0.5, 0.6) is 0 Å². The molecule has 0 radical (unpaired) electrons. The maximum absolute atomic E-state index is 12.3. The van der Waals surface area contributed by atoms with E-state index in [0.717, 1.165) is 36.3 Å². The molecule has 0 aliphatic heterocycles. The Bertz CT molecular complexity index is 889. The van der Waals surface area contributed by atoms with Crippen molar-refractivity contribution in [2.45, 2.75) is 136 Å². The summed E-state index contributed by atoms with van der Waals surface area (Å²) in [7, 11) is 0. The summed E-state index contributed by atoms with van der Waals surface area (Å²) in [5.41, 5.74) is 2.53. The van der Waals surface area contributed by atoms with Crippen LogP contribution in [0.1, 0.15) is 113 Å². The minimum absolute atomic E-state index is 0.169. The van der Waals surface area contributed by atoms with Crippen LogP contribution in [0, 0.1) is 23.2 Å². The van der Waals surface area contributed by atoms with E-state index >= 15 is 0 Å². The first kappa shape index (κ1) is 30.0. The van der Waals surface area contributed by atoms with Crippen LogP contribution < -0.4 is 5.32 Å². The molecule has 3 fully saturated rings. The van der Waals surface area contributed by atoms with Gasteiger partial charge in [0.2, 0.25) is 0 Å². The zero-order valence-electron chi connectivity index (χ0n) is 24.5. The van der Waals surface area contributed by atoms with E-state index in [-0.39, 0.29) is 6.04 Å². The number of fused-ring (bicyclic) bond motifs is 1. The number of carbonyl (C=O) groups is 1. The maximum atomic E-state index is 12.3. The van der Waals surface area contributed by atoms with Gasteiger partial charge in [-0.05, 0) is 120 Å². The number of aliphatic hydroxyl groups is 2. The van der Waals surface area contributed by atoms with Gasteiger partial charge in [-0.3, -0.25) is 0 Å². The molecular formula is C32H53NO4. The fraction of sp³-hybridized carbons (Fsp3) is 0.781. The maximum Gasteiger partial charge on any atom is 0.407 e. The van der Waals surface area contributed by atoms with Gasteiger partial charge in [0.1, 0.15) is 5.60 Å². The fourth-order valence-corrected chi connectivity index (χ4v) is 7.34. The van der Waals surface area contributed by atoms with Crippen molar-refractivity contribution in [2.24, 2.45) is 23.2 Å². The SMILES string of the molecule is C=C1/C(=C\C=C2/CCC[C@]3(C)[C@@H]([C@H](C)CCCC(C)(C)O)CC[C@@H]23)C[C@@H](NC(=O)OC(C)(C)C)C[C@@H]1O. The minimum atomic E-state index is -0.657. The van der Waals surface area contributed by atoms with E-state index in [9.17, 15) is 15.0 Å². The Hall–Kier alpha value is -1.59. The van der Waals surface area contributed by atoms with Gasteiger partial charge in [-0.25, -0.2) is 4.79 Å². The molecule has 210 valence electrons. The summed E-state index contributed by atoms with van der Waals surface area (Å²) in [6.45, 7) is 18.5. The van der Waals surface area contributed by atoms with Crippen LogP contribution in [0.3, 0.4) is 0 Å². The molecular weight excluding hydrogens is 462 g/mol. The van der Waals surface area contributed by atoms with Gasteiger partial charge in [-0.15, -0.1) is 0 Å². The van der Waals surface area contributed by atoms with Gasteiger partial charge in [0.25, 0.3) is 0 Å². The first-order valence-corrected chi connectivity index (χ1v) is 14.6. The Morgan fingerprint density at radius 1 is 1.24 bits per heavy atom. The van der Waals surface area contributed by atoms with E-state index in [0.29, 0.717) is 30.1 Å². The highest BCUT2D eigenvalue weighted by molar-refractivity contribution is 5.68. The average Bonchev–Trinajstić information content (AvgIpc) is 3.10. The highest BCUT2D eigenvalue weighted by Gasteiger charge is 2.50. The highest BCUT2D eigenvalue weighted by atomic mass is 16.6. The van der Waals surface area contributed by atoms with Gasteiger partial charge in [-0.2, -0.15) is 0 Å². The number of ether oxygens (including phenoxy) is 1. The number of amides is 1. The Morgan fingerprint density at radius 3 is 2.59 bits per heavy atom. The quantitative estimate of drug-likeness (QED) is 0.334. The molecule has 3 rings (SSSR count). The Labute approximate surface area is 225 Å². The molecule has 0 aromatic rings. The van der Waals surface area contributed by atoms with E-state index in [1.807, 2.05) is 34.6 Å². The second-order valence-corrected chi connectivity index (χ2v) is 14.0. The molecule has 3 aliphatic rings. The number of allylic oxidation sites excluding steroid dienone is 3. The van der Waals surface area contributed by atoms with Gasteiger partial charge in [0, 0.05) is 6.04 Å². The van der Waals surface area contributed by atoms with Gasteiger partial charge in [0.15, 0.2) is 0 Å². The molecule has 3 N–H and O–H groups in total. The number of carbonyl (C=O) groups excluding carboxylic acids is 1. The van der Waals surface area contributed by atoms with Crippen LogP contribution in [-0.2, 0) is 4.74 Å². The van der Waals surface area contributed by atoms with Crippen molar-refractivity contribution >= 4 is 6.09 Å². The molecule has 5 heteroatoms. The number of hydrogen-bond donors (Lipinski definition) is 3. The minimum Gasteiger partial charge on any atom is -0.444 e. The normalized spacial score (nSPS) is 33.9. The van der Waals surface area contributed by atoms with Crippen molar-refractivity contribution in [1.29, 1.82) is 0 Å². The molecule has 0 heterocycles. The third kappa shape index (κ3) is 7.95. The Morgan fingerprint density at radius 2 is 1.95 bits per heavy atom. The van der Waals surface area contributed by atoms with Crippen LogP contribution >= 0.6 is 0 Å². The van der Waals surface area contributed by atoms with Crippen molar-refractivity contribution < 1.29 is 19.7 Å². The highest BCUT2D eigenvalue weighted by Crippen LogP contribution is 2.60. The van der Waals surface area contributed by atoms with E-state index in [4.69, 9.17) is 4.74 Å². The smallest absolute Gasteiger partial charge is 0.407 e. The van der Waals surface area contributed by atoms with E-state index in [1.54, 1.807) is 0 Å². The summed E-state index contributed by atoms with van der Waals surface area (Å²) in [6, 6.07) is -0.169. The fourth-order valence-electron chi connectivity index (χ4n) is 7.34. The number of aliphatic hydroxyl groups excluding tert-OH is 1. The van der Waals surface area contributed by atoms with Gasteiger partial charge in [0.05, 0.1) is 11.7 Å². The third-order valence-electron chi connectivity index (χ3n) is 9.18. The zero-order valence-corrected chi connectivity index (χ0v) is 24.5. The van der Waals surface area contributed by atoms with Crippen LogP contribution in [-0.4, -0.2) is 39.7 Å². The first-order valence-electron chi connectivity index (χ1n) is 14.6. The van der Waals surface area contributed by atoms with Crippen LogP contribution in [0.4, 0.5) is 4.79 Å². The molecule has 0 bridgehead atoms. The molecule has 5 nitrogen and oxygen atoms in total. The van der Waals surface area contributed by atoms with E-state index in [1.165, 1.54) is 37.7 Å². The Kier molecular flexibility index (Phi) is 9.44. The Balaban J connectivity index is 1.69. The van der Waals surface area contributed by atoms with Gasteiger partial charge in [-0.1, -0.05) is 51.0 Å². The molecule has 6 atom stereocenters. The molecule has 0 aromatic heterocycles. The summed E-state index contributed by atoms with van der Waals surface area (Å²) in [5, 5.41) is 23.7.